The second kappa shape index (κ2) is 8.48. The summed E-state index contributed by atoms with van der Waals surface area (Å²) in [7, 11) is 0. The monoisotopic (exact) mass is 431 g/mol. The number of H-pyrrole nitrogens is 1. The van der Waals surface area contributed by atoms with Gasteiger partial charge in [-0.15, -0.1) is 36.2 Å². The van der Waals surface area contributed by atoms with Crippen LogP contribution in [0.25, 0.3) is 32.6 Å². The molecule has 0 fully saturated rings. The zero-order chi connectivity index (χ0) is 18.3. The normalized spacial score (nSPS) is 10.1. The molecule has 0 aliphatic rings. The summed E-state index contributed by atoms with van der Waals surface area (Å²) in [5, 5.41) is 16.2. The van der Waals surface area contributed by atoms with Gasteiger partial charge >= 0.3 is 0 Å². The lowest BCUT2D eigenvalue weighted by Gasteiger charge is -2.04. The minimum Gasteiger partial charge on any atom is -0.384 e. The number of nitrogen functional groups attached to an aromatic ring is 2. The Morgan fingerprint density at radius 2 is 1.46 bits per heavy atom. The fourth-order valence-corrected chi connectivity index (χ4v) is 3.75. The number of amidine groups is 2. The van der Waals surface area contributed by atoms with E-state index in [0.29, 0.717) is 0 Å². The van der Waals surface area contributed by atoms with Crippen molar-refractivity contribution in [3.63, 3.8) is 0 Å². The summed E-state index contributed by atoms with van der Waals surface area (Å²) in [4.78, 5) is 5.27. The Balaban J connectivity index is 0.00000140. The molecule has 8 heteroatoms. The summed E-state index contributed by atoms with van der Waals surface area (Å²) in [6.45, 7) is 0. The van der Waals surface area contributed by atoms with E-state index in [2.05, 4.69) is 29.2 Å². The number of aromatic nitrogens is 1. The van der Waals surface area contributed by atoms with Crippen LogP contribution >= 0.6 is 36.2 Å². The van der Waals surface area contributed by atoms with Gasteiger partial charge in [0.1, 0.15) is 11.7 Å². The molecule has 2 aromatic heterocycles. The molecular weight excluding hydrogens is 413 g/mol. The van der Waals surface area contributed by atoms with Crippen LogP contribution in [0.4, 0.5) is 0 Å². The molecule has 144 valence electrons. The molecule has 28 heavy (non-hydrogen) atoms. The number of nitrogens with one attached hydrogen (secondary N) is 3. The lowest BCUT2D eigenvalue weighted by molar-refractivity contribution is 1.42. The van der Waals surface area contributed by atoms with Crippen LogP contribution in [0.5, 0.6) is 0 Å². The first kappa shape index (κ1) is 21.5. The molecule has 0 aliphatic carbocycles. The van der Waals surface area contributed by atoms with Crippen molar-refractivity contribution in [1.29, 1.82) is 10.8 Å². The highest BCUT2D eigenvalue weighted by molar-refractivity contribution is 7.17. The Labute approximate surface area is 178 Å². The number of thiophene rings is 1. The minimum absolute atomic E-state index is 0. The van der Waals surface area contributed by atoms with E-state index in [1.165, 1.54) is 11.3 Å². The van der Waals surface area contributed by atoms with Gasteiger partial charge in [0.25, 0.3) is 0 Å². The predicted octanol–water partition coefficient (Wildman–Crippen LogP) is 4.98. The molecule has 0 saturated heterocycles. The predicted molar refractivity (Wildman–Crippen MR) is 124 cm³/mol. The number of hydrogen-bond acceptors (Lipinski definition) is 3. The molecule has 2 heterocycles. The van der Waals surface area contributed by atoms with Crippen LogP contribution in [0, 0.1) is 10.8 Å². The summed E-state index contributed by atoms with van der Waals surface area (Å²) in [5.41, 5.74) is 16.0. The van der Waals surface area contributed by atoms with Gasteiger partial charge in [-0.05, 0) is 35.4 Å². The van der Waals surface area contributed by atoms with Crippen molar-refractivity contribution in [3.8, 4) is 21.7 Å². The maximum atomic E-state index is 7.54. The number of nitrogens with two attached hydrogens (primary N) is 2. The second-order valence-corrected chi connectivity index (χ2v) is 7.14. The van der Waals surface area contributed by atoms with Crippen molar-refractivity contribution >= 4 is 58.7 Å². The maximum absolute atomic E-state index is 7.54. The summed E-state index contributed by atoms with van der Waals surface area (Å²) in [6, 6.07) is 19.9. The van der Waals surface area contributed by atoms with E-state index in [4.69, 9.17) is 22.3 Å². The highest BCUT2D eigenvalue weighted by atomic mass is 35.5. The SMILES string of the molecule is Cl.Cl.N=C(N)c1ccc(-c2ccc3cc(-c4ccc(C(=N)N)s4)[nH]c3c2)cc1. The summed E-state index contributed by atoms with van der Waals surface area (Å²) < 4.78 is 0. The van der Waals surface area contributed by atoms with Crippen LogP contribution in [0.1, 0.15) is 10.4 Å². The van der Waals surface area contributed by atoms with Gasteiger partial charge in [0.15, 0.2) is 0 Å². The van der Waals surface area contributed by atoms with Gasteiger partial charge in [-0.3, -0.25) is 10.8 Å². The topological polar surface area (TPSA) is 116 Å². The first-order chi connectivity index (χ1) is 12.5. The van der Waals surface area contributed by atoms with E-state index in [1.807, 2.05) is 36.4 Å². The molecule has 4 rings (SSSR count). The number of benzene rings is 2. The van der Waals surface area contributed by atoms with Crippen LogP contribution in [0.15, 0.2) is 60.7 Å². The molecule has 0 saturated carbocycles. The molecular formula is C20H19Cl2N5S. The number of aromatic amines is 1. The molecule has 0 bridgehead atoms. The number of fused-ring (bicyclic) bond motifs is 1. The maximum Gasteiger partial charge on any atom is 0.133 e. The van der Waals surface area contributed by atoms with Crippen molar-refractivity contribution in [2.24, 2.45) is 11.5 Å². The Morgan fingerprint density at radius 3 is 2.07 bits per heavy atom. The van der Waals surface area contributed by atoms with Gasteiger partial charge in [-0.25, -0.2) is 0 Å². The van der Waals surface area contributed by atoms with Crippen LogP contribution in [0.3, 0.4) is 0 Å². The van der Waals surface area contributed by atoms with Crippen molar-refractivity contribution in [2.75, 3.05) is 0 Å². The van der Waals surface area contributed by atoms with Gasteiger partial charge < -0.3 is 16.5 Å². The van der Waals surface area contributed by atoms with Gasteiger partial charge in [0, 0.05) is 16.5 Å². The minimum atomic E-state index is 0. The highest BCUT2D eigenvalue weighted by Crippen LogP contribution is 2.32. The molecule has 0 aliphatic heterocycles. The van der Waals surface area contributed by atoms with E-state index in [1.54, 1.807) is 0 Å². The number of rotatable bonds is 4. The first-order valence-corrected chi connectivity index (χ1v) is 8.85. The fraction of sp³-hybridized carbons (Fsp3) is 0. The van der Waals surface area contributed by atoms with E-state index in [0.717, 1.165) is 43.0 Å². The van der Waals surface area contributed by atoms with E-state index in [-0.39, 0.29) is 36.5 Å². The molecule has 0 atom stereocenters. The van der Waals surface area contributed by atoms with Crippen molar-refractivity contribution in [2.45, 2.75) is 0 Å². The Morgan fingerprint density at radius 1 is 0.786 bits per heavy atom. The Hall–Kier alpha value is -2.80. The van der Waals surface area contributed by atoms with Crippen molar-refractivity contribution < 1.29 is 0 Å². The van der Waals surface area contributed by atoms with E-state index >= 15 is 0 Å². The molecule has 7 N–H and O–H groups in total. The summed E-state index contributed by atoms with van der Waals surface area (Å²) in [5.74, 6) is 0.163. The van der Waals surface area contributed by atoms with Gasteiger partial charge in [-0.2, -0.15) is 0 Å². The summed E-state index contributed by atoms with van der Waals surface area (Å²) in [6.07, 6.45) is 0. The van der Waals surface area contributed by atoms with Gasteiger partial charge in [-0.1, -0.05) is 36.4 Å². The standard InChI is InChI=1S/C20H17N5S.2ClH/c21-19(22)12-3-1-11(2-4-12)13-5-6-14-10-16(25-15(14)9-13)17-7-8-18(26-17)20(23)24;;/h1-10,25H,(H3,21,22)(H3,23,24);2*1H. The molecule has 0 spiro atoms. The fourth-order valence-electron chi connectivity index (χ4n) is 2.91. The third-order valence-electron chi connectivity index (χ3n) is 4.29. The number of halogens is 2. The molecule has 2 aromatic carbocycles. The van der Waals surface area contributed by atoms with E-state index < -0.39 is 0 Å². The van der Waals surface area contributed by atoms with Crippen LogP contribution < -0.4 is 11.5 Å². The van der Waals surface area contributed by atoms with E-state index in [9.17, 15) is 0 Å². The average Bonchev–Trinajstić information content (AvgIpc) is 3.28. The molecule has 5 nitrogen and oxygen atoms in total. The molecule has 0 unspecified atom stereocenters. The Kier molecular flexibility index (Phi) is 6.51. The molecule has 4 aromatic rings. The van der Waals surface area contributed by atoms with Gasteiger partial charge in [0.2, 0.25) is 0 Å². The zero-order valence-corrected chi connectivity index (χ0v) is 17.1. The smallest absolute Gasteiger partial charge is 0.133 e. The third kappa shape index (κ3) is 4.04. The quantitative estimate of drug-likeness (QED) is 0.231. The third-order valence-corrected chi connectivity index (χ3v) is 5.44. The lowest BCUT2D eigenvalue weighted by Crippen LogP contribution is -2.10. The molecule has 0 radical (unpaired) electrons. The molecule has 0 amide bonds. The largest absolute Gasteiger partial charge is 0.384 e. The zero-order valence-electron chi connectivity index (χ0n) is 14.7. The lowest BCUT2D eigenvalue weighted by atomic mass is 10.0. The van der Waals surface area contributed by atoms with Crippen molar-refractivity contribution in [1.82, 2.24) is 4.98 Å². The summed E-state index contributed by atoms with van der Waals surface area (Å²) >= 11 is 1.50. The van der Waals surface area contributed by atoms with Crippen LogP contribution in [0.2, 0.25) is 0 Å². The van der Waals surface area contributed by atoms with Gasteiger partial charge in [0.05, 0.1) is 15.4 Å². The van der Waals surface area contributed by atoms with Crippen LogP contribution in [-0.2, 0) is 0 Å². The highest BCUT2D eigenvalue weighted by Gasteiger charge is 2.09. The average molecular weight is 432 g/mol. The first-order valence-electron chi connectivity index (χ1n) is 8.03. The Bertz CT molecular complexity index is 1150. The second-order valence-electron chi connectivity index (χ2n) is 6.05. The van der Waals surface area contributed by atoms with Crippen LogP contribution in [-0.4, -0.2) is 16.7 Å². The van der Waals surface area contributed by atoms with Crippen molar-refractivity contribution in [3.05, 3.63) is 71.1 Å². The number of hydrogen-bond donors (Lipinski definition) is 5.